The summed E-state index contributed by atoms with van der Waals surface area (Å²) >= 11 is 1.88. The molecule has 0 amide bonds. The van der Waals surface area contributed by atoms with Crippen molar-refractivity contribution < 1.29 is 0 Å². The first-order valence-corrected chi connectivity index (χ1v) is 10.0. The molecule has 2 unspecified atom stereocenters. The van der Waals surface area contributed by atoms with Gasteiger partial charge in [-0.3, -0.25) is 4.98 Å². The molecule has 0 aliphatic carbocycles. The first-order chi connectivity index (χ1) is 11.3. The molecule has 0 aliphatic rings. The topological polar surface area (TPSA) is 25.8 Å². The number of nitrogens with zero attached hydrogens (tertiary/aromatic N) is 2. The van der Waals surface area contributed by atoms with E-state index >= 15 is 0 Å². The third-order valence-corrected chi connectivity index (χ3v) is 6.03. The Morgan fingerprint density at radius 2 is 1.62 bits per heavy atom. The van der Waals surface area contributed by atoms with E-state index in [-0.39, 0.29) is 0 Å². The zero-order valence-corrected chi connectivity index (χ0v) is 17.1. The van der Waals surface area contributed by atoms with Crippen LogP contribution in [0.15, 0.2) is 18.3 Å². The lowest BCUT2D eigenvalue weighted by Gasteiger charge is -2.16. The fraction of sp³-hybridized carbons (Fsp3) is 0.619. The first-order valence-electron chi connectivity index (χ1n) is 9.22. The van der Waals surface area contributed by atoms with Crippen molar-refractivity contribution in [1.82, 2.24) is 9.97 Å². The minimum Gasteiger partial charge on any atom is -0.261 e. The highest BCUT2D eigenvalue weighted by atomic mass is 32.1. The van der Waals surface area contributed by atoms with E-state index in [0.29, 0.717) is 23.7 Å². The molecule has 24 heavy (non-hydrogen) atoms. The van der Waals surface area contributed by atoms with Gasteiger partial charge in [0, 0.05) is 22.7 Å². The van der Waals surface area contributed by atoms with Crippen molar-refractivity contribution >= 4 is 11.3 Å². The first kappa shape index (κ1) is 19.1. The van der Waals surface area contributed by atoms with Crippen molar-refractivity contribution in [1.29, 1.82) is 0 Å². The SMILES string of the molecule is Cc1sc(C(C)CCC(C)c2ccnc(C(C)C)c2)nc1C(C)C. The standard InChI is InChI=1S/C21H32N2S/c1-13(2)19-12-18(10-11-22-19)15(5)8-9-16(6)21-23-20(14(3)4)17(7)24-21/h10-16H,8-9H2,1-7H3. The lowest BCUT2D eigenvalue weighted by atomic mass is 9.92. The Bertz CT molecular complexity index is 658. The van der Waals surface area contributed by atoms with Crippen LogP contribution in [0.5, 0.6) is 0 Å². The Balaban J connectivity index is 1.99. The van der Waals surface area contributed by atoms with Gasteiger partial charge in [0.15, 0.2) is 0 Å². The normalized spacial score (nSPS) is 14.4. The summed E-state index contributed by atoms with van der Waals surface area (Å²) in [7, 11) is 0. The number of pyridine rings is 1. The van der Waals surface area contributed by atoms with Gasteiger partial charge in [-0.15, -0.1) is 11.3 Å². The summed E-state index contributed by atoms with van der Waals surface area (Å²) in [5, 5.41) is 1.31. The molecule has 0 saturated heterocycles. The van der Waals surface area contributed by atoms with Crippen LogP contribution in [0.1, 0.15) is 105 Å². The van der Waals surface area contributed by atoms with E-state index in [1.165, 1.54) is 39.7 Å². The van der Waals surface area contributed by atoms with Crippen LogP contribution in [-0.4, -0.2) is 9.97 Å². The fourth-order valence-corrected chi connectivity index (χ4v) is 4.22. The molecule has 3 heteroatoms. The predicted molar refractivity (Wildman–Crippen MR) is 105 cm³/mol. The summed E-state index contributed by atoms with van der Waals surface area (Å²) in [6.07, 6.45) is 4.34. The van der Waals surface area contributed by atoms with Gasteiger partial charge in [-0.2, -0.15) is 0 Å². The fourth-order valence-electron chi connectivity index (χ4n) is 3.05. The Hall–Kier alpha value is -1.22. The molecule has 2 aromatic heterocycles. The van der Waals surface area contributed by atoms with Crippen molar-refractivity contribution in [2.24, 2.45) is 0 Å². The second-order valence-corrected chi connectivity index (χ2v) is 8.93. The van der Waals surface area contributed by atoms with Gasteiger partial charge in [0.25, 0.3) is 0 Å². The van der Waals surface area contributed by atoms with Crippen LogP contribution in [0.25, 0.3) is 0 Å². The van der Waals surface area contributed by atoms with Crippen LogP contribution < -0.4 is 0 Å². The van der Waals surface area contributed by atoms with E-state index in [1.54, 1.807) is 0 Å². The third-order valence-electron chi connectivity index (χ3n) is 4.82. The van der Waals surface area contributed by atoms with E-state index < -0.39 is 0 Å². The summed E-state index contributed by atoms with van der Waals surface area (Å²) in [5.74, 6) is 2.12. The van der Waals surface area contributed by atoms with Crippen molar-refractivity contribution in [3.8, 4) is 0 Å². The Kier molecular flexibility index (Phi) is 6.56. The molecule has 0 bridgehead atoms. The highest BCUT2D eigenvalue weighted by molar-refractivity contribution is 7.11. The largest absolute Gasteiger partial charge is 0.261 e. The Morgan fingerprint density at radius 3 is 2.21 bits per heavy atom. The van der Waals surface area contributed by atoms with E-state index in [9.17, 15) is 0 Å². The van der Waals surface area contributed by atoms with E-state index in [0.717, 1.165) is 0 Å². The Labute approximate surface area is 151 Å². The van der Waals surface area contributed by atoms with Crippen LogP contribution in [0.2, 0.25) is 0 Å². The molecule has 2 aromatic rings. The lowest BCUT2D eigenvalue weighted by Crippen LogP contribution is -2.01. The van der Waals surface area contributed by atoms with Crippen molar-refractivity contribution in [2.45, 2.75) is 85.0 Å². The highest BCUT2D eigenvalue weighted by Crippen LogP contribution is 2.33. The molecule has 2 heterocycles. The quantitative estimate of drug-likeness (QED) is 0.553. The monoisotopic (exact) mass is 344 g/mol. The molecule has 0 radical (unpaired) electrons. The Morgan fingerprint density at radius 1 is 0.958 bits per heavy atom. The highest BCUT2D eigenvalue weighted by Gasteiger charge is 2.17. The van der Waals surface area contributed by atoms with Gasteiger partial charge in [-0.25, -0.2) is 4.98 Å². The molecule has 0 N–H and O–H groups in total. The molecule has 0 aliphatic heterocycles. The average Bonchev–Trinajstić information content (AvgIpc) is 2.94. The maximum absolute atomic E-state index is 4.91. The van der Waals surface area contributed by atoms with Crippen molar-refractivity contribution in [3.63, 3.8) is 0 Å². The number of thiazole rings is 1. The molecule has 0 saturated carbocycles. The van der Waals surface area contributed by atoms with E-state index in [4.69, 9.17) is 4.98 Å². The molecule has 2 atom stereocenters. The van der Waals surface area contributed by atoms with E-state index in [1.807, 2.05) is 17.5 Å². The molecular weight excluding hydrogens is 312 g/mol. The summed E-state index contributed by atoms with van der Waals surface area (Å²) in [6, 6.07) is 4.45. The molecular formula is C21H32N2S. The summed E-state index contributed by atoms with van der Waals surface area (Å²) < 4.78 is 0. The van der Waals surface area contributed by atoms with Crippen molar-refractivity contribution in [3.05, 3.63) is 45.2 Å². The number of hydrogen-bond acceptors (Lipinski definition) is 3. The molecule has 0 aromatic carbocycles. The minimum atomic E-state index is 0.490. The molecule has 2 rings (SSSR count). The maximum Gasteiger partial charge on any atom is 0.0959 e. The maximum atomic E-state index is 4.91. The van der Waals surface area contributed by atoms with Crippen LogP contribution in [0.3, 0.4) is 0 Å². The summed E-state index contributed by atoms with van der Waals surface area (Å²) in [4.78, 5) is 10.8. The van der Waals surface area contributed by atoms with Gasteiger partial charge in [-0.05, 0) is 55.2 Å². The number of aromatic nitrogens is 2. The molecule has 0 spiro atoms. The van der Waals surface area contributed by atoms with Gasteiger partial charge in [0.1, 0.15) is 0 Å². The van der Waals surface area contributed by atoms with Gasteiger partial charge in [0.05, 0.1) is 10.7 Å². The molecule has 2 nitrogen and oxygen atoms in total. The predicted octanol–water partition coefficient (Wildman–Crippen LogP) is 6.78. The lowest BCUT2D eigenvalue weighted by molar-refractivity contribution is 0.569. The third kappa shape index (κ3) is 4.66. The number of hydrogen-bond donors (Lipinski definition) is 0. The van der Waals surface area contributed by atoms with Gasteiger partial charge in [-0.1, -0.05) is 41.5 Å². The summed E-state index contributed by atoms with van der Waals surface area (Å²) in [5.41, 5.74) is 3.90. The molecule has 132 valence electrons. The van der Waals surface area contributed by atoms with Gasteiger partial charge in [0.2, 0.25) is 0 Å². The second kappa shape index (κ2) is 8.24. The van der Waals surface area contributed by atoms with Crippen LogP contribution in [0.4, 0.5) is 0 Å². The number of rotatable bonds is 7. The van der Waals surface area contributed by atoms with Crippen LogP contribution in [0, 0.1) is 6.92 Å². The van der Waals surface area contributed by atoms with Gasteiger partial charge >= 0.3 is 0 Å². The smallest absolute Gasteiger partial charge is 0.0959 e. The second-order valence-electron chi connectivity index (χ2n) is 7.70. The van der Waals surface area contributed by atoms with E-state index in [2.05, 4.69) is 65.6 Å². The van der Waals surface area contributed by atoms with Gasteiger partial charge < -0.3 is 0 Å². The molecule has 0 fully saturated rings. The number of aryl methyl sites for hydroxylation is 1. The average molecular weight is 345 g/mol. The van der Waals surface area contributed by atoms with Crippen LogP contribution in [-0.2, 0) is 0 Å². The summed E-state index contributed by atoms with van der Waals surface area (Å²) in [6.45, 7) is 15.7. The van der Waals surface area contributed by atoms with Crippen LogP contribution >= 0.6 is 11.3 Å². The minimum absolute atomic E-state index is 0.490. The zero-order chi connectivity index (χ0) is 17.9. The zero-order valence-electron chi connectivity index (χ0n) is 16.3. The van der Waals surface area contributed by atoms with Crippen molar-refractivity contribution in [2.75, 3.05) is 0 Å².